The molecular weight excluding hydrogens is 490 g/mol. The van der Waals surface area contributed by atoms with Crippen LogP contribution in [0.4, 0.5) is 0 Å². The third-order valence-electron chi connectivity index (χ3n) is 8.38. The summed E-state index contributed by atoms with van der Waals surface area (Å²) in [6, 6.07) is 10.6. The topological polar surface area (TPSA) is 74.7 Å². The predicted molar refractivity (Wildman–Crippen MR) is 154 cm³/mol. The number of piperidine rings is 1. The molecule has 1 aromatic heterocycles. The third kappa shape index (κ3) is 7.00. The number of ether oxygens (including phenoxy) is 4. The maximum Gasteiger partial charge on any atom is 0.316 e. The monoisotopic (exact) mass is 533 g/mol. The lowest BCUT2D eigenvalue weighted by Gasteiger charge is -2.32. The zero-order chi connectivity index (χ0) is 26.9. The highest BCUT2D eigenvalue weighted by Gasteiger charge is 2.28. The lowest BCUT2D eigenvalue weighted by Crippen LogP contribution is -2.41. The number of nitrogens with one attached hydrogen (secondary N) is 1. The van der Waals surface area contributed by atoms with Gasteiger partial charge >= 0.3 is 6.01 Å². The van der Waals surface area contributed by atoms with E-state index in [9.17, 15) is 0 Å². The molecule has 3 aromatic rings. The first kappa shape index (κ1) is 27.7. The van der Waals surface area contributed by atoms with Crippen LogP contribution in [-0.4, -0.2) is 50.0 Å². The molecule has 0 bridgehead atoms. The van der Waals surface area contributed by atoms with Crippen molar-refractivity contribution in [2.45, 2.75) is 76.4 Å². The van der Waals surface area contributed by atoms with E-state index >= 15 is 0 Å². The van der Waals surface area contributed by atoms with E-state index in [-0.39, 0.29) is 12.0 Å². The number of fused-ring (bicyclic) bond motifs is 1. The lowest BCUT2D eigenvalue weighted by molar-refractivity contribution is 0.00965. The first-order chi connectivity index (χ1) is 19.3. The summed E-state index contributed by atoms with van der Waals surface area (Å²) in [6.07, 6.45) is 15.5. The molecule has 0 radical (unpaired) electrons. The summed E-state index contributed by atoms with van der Waals surface area (Å²) in [5.41, 5.74) is 2.06. The summed E-state index contributed by atoms with van der Waals surface area (Å²) in [4.78, 5) is 9.06. The Morgan fingerprint density at radius 2 is 1.72 bits per heavy atom. The Labute approximate surface area is 232 Å². The van der Waals surface area contributed by atoms with Gasteiger partial charge in [-0.3, -0.25) is 0 Å². The van der Waals surface area contributed by atoms with Crippen LogP contribution in [0.3, 0.4) is 0 Å². The number of nitrogens with zero attached hydrogens (tertiary/aromatic N) is 2. The highest BCUT2D eigenvalue weighted by Crippen LogP contribution is 2.38. The first-order valence-corrected chi connectivity index (χ1v) is 14.7. The molecular formula is C32H43N3O4. The van der Waals surface area contributed by atoms with Crippen LogP contribution in [0, 0.1) is 5.92 Å². The largest absolute Gasteiger partial charge is 0.496 e. The van der Waals surface area contributed by atoms with Crippen LogP contribution in [-0.2, 0) is 11.3 Å². The zero-order valence-corrected chi connectivity index (χ0v) is 23.5. The molecule has 7 nitrogen and oxygen atoms in total. The van der Waals surface area contributed by atoms with Crippen LogP contribution in [0.2, 0.25) is 0 Å². The van der Waals surface area contributed by atoms with Gasteiger partial charge in [0.25, 0.3) is 0 Å². The van der Waals surface area contributed by atoms with E-state index in [1.54, 1.807) is 14.2 Å². The Kier molecular flexibility index (Phi) is 9.89. The molecule has 210 valence electrons. The van der Waals surface area contributed by atoms with Crippen molar-refractivity contribution in [2.24, 2.45) is 5.92 Å². The third-order valence-corrected chi connectivity index (χ3v) is 8.38. The Morgan fingerprint density at radius 3 is 2.49 bits per heavy atom. The van der Waals surface area contributed by atoms with E-state index in [1.165, 1.54) is 44.9 Å². The molecule has 0 amide bonds. The average Bonchev–Trinajstić information content (AvgIpc) is 3.00. The zero-order valence-electron chi connectivity index (χ0n) is 23.5. The molecule has 2 aliphatic rings. The molecule has 1 aliphatic carbocycles. The van der Waals surface area contributed by atoms with Crippen molar-refractivity contribution in [3.05, 3.63) is 53.9 Å². The van der Waals surface area contributed by atoms with Crippen LogP contribution >= 0.6 is 0 Å². The van der Waals surface area contributed by atoms with Crippen molar-refractivity contribution in [2.75, 3.05) is 33.9 Å². The number of unbranched alkanes of at least 4 members (excludes halogenated alkanes) is 1. The van der Waals surface area contributed by atoms with Gasteiger partial charge in [0, 0.05) is 41.2 Å². The van der Waals surface area contributed by atoms with Gasteiger partial charge in [-0.1, -0.05) is 62.8 Å². The molecule has 2 fully saturated rings. The Bertz CT molecular complexity index is 1180. The number of hydrogen-bond acceptors (Lipinski definition) is 7. The second kappa shape index (κ2) is 13.9. The summed E-state index contributed by atoms with van der Waals surface area (Å²) in [7, 11) is 3.41. The van der Waals surface area contributed by atoms with Gasteiger partial charge in [0.1, 0.15) is 11.5 Å². The van der Waals surface area contributed by atoms with Crippen molar-refractivity contribution in [3.8, 4) is 17.5 Å². The maximum absolute atomic E-state index is 6.51. The fraction of sp³-hybridized carbons (Fsp3) is 0.562. The maximum atomic E-state index is 6.51. The van der Waals surface area contributed by atoms with Crippen LogP contribution in [0.15, 0.2) is 42.7 Å². The van der Waals surface area contributed by atoms with Gasteiger partial charge in [0.15, 0.2) is 0 Å². The number of rotatable bonds is 12. The first-order valence-electron chi connectivity index (χ1n) is 14.7. The van der Waals surface area contributed by atoms with Crippen molar-refractivity contribution >= 4 is 10.8 Å². The van der Waals surface area contributed by atoms with E-state index < -0.39 is 0 Å². The minimum Gasteiger partial charge on any atom is -0.496 e. The van der Waals surface area contributed by atoms with E-state index in [2.05, 4.69) is 21.4 Å². The van der Waals surface area contributed by atoms with E-state index in [0.29, 0.717) is 19.2 Å². The standard InChI is InChI=1S/C32H43N3O4/c1-36-29-18-24(31(37-2)28-14-7-6-13-27(28)29)22-39-30-21-33-16-15-26(30)25-19-34-32(35-20-25)38-17-9-8-12-23-10-4-3-5-11-23/h6-7,13-14,18-20,23,26,30,33H,3-5,8-12,15-17,21-22H2,1-2H3. The van der Waals surface area contributed by atoms with Gasteiger partial charge < -0.3 is 24.3 Å². The normalized spacial score (nSPS) is 20.2. The molecule has 2 aromatic carbocycles. The fourth-order valence-corrected chi connectivity index (χ4v) is 6.24. The summed E-state index contributed by atoms with van der Waals surface area (Å²) < 4.78 is 23.9. The van der Waals surface area contributed by atoms with Gasteiger partial charge in [-0.25, -0.2) is 9.97 Å². The summed E-state index contributed by atoms with van der Waals surface area (Å²) in [5.74, 6) is 2.79. The van der Waals surface area contributed by atoms with Gasteiger partial charge in [0.2, 0.25) is 0 Å². The number of hydrogen-bond donors (Lipinski definition) is 1. The summed E-state index contributed by atoms with van der Waals surface area (Å²) in [5, 5.41) is 5.53. The molecule has 2 atom stereocenters. The van der Waals surface area contributed by atoms with Crippen molar-refractivity contribution < 1.29 is 18.9 Å². The lowest BCUT2D eigenvalue weighted by atomic mass is 9.86. The molecule has 1 saturated heterocycles. The second-order valence-electron chi connectivity index (χ2n) is 10.9. The van der Waals surface area contributed by atoms with Crippen LogP contribution in [0.25, 0.3) is 10.8 Å². The van der Waals surface area contributed by atoms with Gasteiger partial charge in [-0.2, -0.15) is 0 Å². The molecule has 5 rings (SSSR count). The van der Waals surface area contributed by atoms with Gasteiger partial charge in [0.05, 0.1) is 33.5 Å². The van der Waals surface area contributed by atoms with E-state index in [0.717, 1.165) is 65.2 Å². The van der Waals surface area contributed by atoms with Gasteiger partial charge in [-0.15, -0.1) is 0 Å². The number of methoxy groups -OCH3 is 2. The second-order valence-corrected chi connectivity index (χ2v) is 10.9. The number of benzene rings is 2. The van der Waals surface area contributed by atoms with E-state index in [4.69, 9.17) is 18.9 Å². The minimum atomic E-state index is -0.00363. The number of aromatic nitrogens is 2. The summed E-state index contributed by atoms with van der Waals surface area (Å²) >= 11 is 0. The fourth-order valence-electron chi connectivity index (χ4n) is 6.24. The van der Waals surface area contributed by atoms with Crippen LogP contribution < -0.4 is 19.5 Å². The molecule has 1 aliphatic heterocycles. The molecule has 39 heavy (non-hydrogen) atoms. The summed E-state index contributed by atoms with van der Waals surface area (Å²) in [6.45, 7) is 2.83. The highest BCUT2D eigenvalue weighted by molar-refractivity contribution is 5.94. The average molecular weight is 534 g/mol. The van der Waals surface area contributed by atoms with Crippen molar-refractivity contribution in [1.29, 1.82) is 0 Å². The van der Waals surface area contributed by atoms with Crippen molar-refractivity contribution in [1.82, 2.24) is 15.3 Å². The van der Waals surface area contributed by atoms with Crippen molar-refractivity contribution in [3.63, 3.8) is 0 Å². The molecule has 2 heterocycles. The Morgan fingerprint density at radius 1 is 0.923 bits per heavy atom. The predicted octanol–water partition coefficient (Wildman–Crippen LogP) is 6.44. The van der Waals surface area contributed by atoms with Crippen LogP contribution in [0.1, 0.15) is 74.8 Å². The molecule has 2 unspecified atom stereocenters. The SMILES string of the molecule is COc1cc(COC2CNCCC2c2cnc(OCCCCC3CCCCC3)nc2)c(OC)c2ccccc12. The quantitative estimate of drug-likeness (QED) is 0.269. The van der Waals surface area contributed by atoms with E-state index in [1.807, 2.05) is 36.7 Å². The molecule has 1 saturated carbocycles. The minimum absolute atomic E-state index is 0.00363. The smallest absolute Gasteiger partial charge is 0.316 e. The van der Waals surface area contributed by atoms with Crippen LogP contribution in [0.5, 0.6) is 17.5 Å². The molecule has 1 N–H and O–H groups in total. The molecule has 0 spiro atoms. The highest BCUT2D eigenvalue weighted by atomic mass is 16.5. The Balaban J connectivity index is 1.17. The Hall–Kier alpha value is -2.90. The van der Waals surface area contributed by atoms with Gasteiger partial charge in [-0.05, 0) is 43.4 Å². The molecule has 7 heteroatoms.